The molecule has 3 aromatic carbocycles. The minimum Gasteiger partial charge on any atom is -0.449 e. The van der Waals surface area contributed by atoms with E-state index >= 15 is 0 Å². The molecule has 1 saturated heterocycles. The molecule has 35 heavy (non-hydrogen) atoms. The first-order valence-corrected chi connectivity index (χ1v) is 10.9. The highest BCUT2D eigenvalue weighted by atomic mass is 32.2. The van der Waals surface area contributed by atoms with E-state index in [9.17, 15) is 32.5 Å². The minimum atomic E-state index is -4.77. The topological polar surface area (TPSA) is 72.7 Å². The number of thiocarbonyl (C=S) groups is 1. The van der Waals surface area contributed by atoms with Gasteiger partial charge in [0, 0.05) is 11.6 Å². The lowest BCUT2D eigenvalue weighted by atomic mass is 10.1. The highest BCUT2D eigenvalue weighted by Crippen LogP contribution is 2.41. The van der Waals surface area contributed by atoms with Gasteiger partial charge in [-0.2, -0.15) is 13.2 Å². The molecule has 0 bridgehead atoms. The second-order valence-electron chi connectivity index (χ2n) is 7.05. The van der Waals surface area contributed by atoms with Gasteiger partial charge in [-0.15, -0.1) is 0 Å². The number of thioether (sulfide) groups is 1. The standard InChI is InChI=1S/C23H12F4N2O4S2/c24-15-6-2-3-7-16(15)28-21(30)20(35-22(28)34)11-13-5-1-4-8-18(13)33-19-10-9-14(23(25,26)27)12-17(19)29(31)32/h1-12H/b20-11-. The summed E-state index contributed by atoms with van der Waals surface area (Å²) in [6.07, 6.45) is -3.36. The Balaban J connectivity index is 1.69. The Morgan fingerprint density at radius 2 is 1.71 bits per heavy atom. The van der Waals surface area contributed by atoms with Crippen LogP contribution >= 0.6 is 24.0 Å². The Kier molecular flexibility index (Phi) is 6.59. The van der Waals surface area contributed by atoms with E-state index in [1.165, 1.54) is 30.3 Å². The Morgan fingerprint density at radius 3 is 2.40 bits per heavy atom. The lowest BCUT2D eigenvalue weighted by Gasteiger charge is -2.15. The molecule has 0 spiro atoms. The minimum absolute atomic E-state index is 0.0108. The van der Waals surface area contributed by atoms with Gasteiger partial charge in [0.1, 0.15) is 11.6 Å². The fourth-order valence-corrected chi connectivity index (χ4v) is 4.46. The first-order chi connectivity index (χ1) is 16.6. The van der Waals surface area contributed by atoms with Crippen molar-refractivity contribution < 1.29 is 32.0 Å². The molecule has 0 atom stereocenters. The fourth-order valence-electron chi connectivity index (χ4n) is 3.18. The molecule has 1 amide bonds. The van der Waals surface area contributed by atoms with Crippen LogP contribution in [0, 0.1) is 15.9 Å². The van der Waals surface area contributed by atoms with Crippen molar-refractivity contribution in [2.45, 2.75) is 6.18 Å². The van der Waals surface area contributed by atoms with Gasteiger partial charge in [-0.05, 0) is 36.4 Å². The number of carbonyl (C=O) groups is 1. The first-order valence-electron chi connectivity index (χ1n) is 9.71. The van der Waals surface area contributed by atoms with Crippen molar-refractivity contribution in [3.8, 4) is 11.5 Å². The molecular formula is C23H12F4N2O4S2. The SMILES string of the molecule is O=C1/C(=C/c2ccccc2Oc2ccc(C(F)(F)F)cc2[N+](=O)[O-])SC(=S)N1c1ccccc1F. The van der Waals surface area contributed by atoms with Crippen molar-refractivity contribution in [3.63, 3.8) is 0 Å². The van der Waals surface area contributed by atoms with Gasteiger partial charge in [0.15, 0.2) is 4.32 Å². The predicted molar refractivity (Wildman–Crippen MR) is 127 cm³/mol. The quantitative estimate of drug-likeness (QED) is 0.119. The maximum Gasteiger partial charge on any atom is 0.416 e. The summed E-state index contributed by atoms with van der Waals surface area (Å²) in [4.78, 5) is 24.5. The van der Waals surface area contributed by atoms with Crippen LogP contribution < -0.4 is 9.64 Å². The molecule has 3 aromatic rings. The maximum atomic E-state index is 14.2. The number of nitro groups is 1. The molecule has 12 heteroatoms. The van der Waals surface area contributed by atoms with Crippen LogP contribution in [0.15, 0.2) is 71.6 Å². The summed E-state index contributed by atoms with van der Waals surface area (Å²) >= 11 is 6.16. The summed E-state index contributed by atoms with van der Waals surface area (Å²) in [5, 5.41) is 11.4. The number of carbonyl (C=O) groups excluding carboxylic acids is 1. The summed E-state index contributed by atoms with van der Waals surface area (Å²) in [6, 6.07) is 13.7. The molecular weight excluding hydrogens is 508 g/mol. The van der Waals surface area contributed by atoms with E-state index in [0.717, 1.165) is 22.7 Å². The van der Waals surface area contributed by atoms with E-state index in [1.807, 2.05) is 0 Å². The van der Waals surface area contributed by atoms with Gasteiger partial charge in [-0.25, -0.2) is 4.39 Å². The summed E-state index contributed by atoms with van der Waals surface area (Å²) < 4.78 is 58.9. The van der Waals surface area contributed by atoms with Gasteiger partial charge < -0.3 is 4.74 Å². The van der Waals surface area contributed by atoms with E-state index in [0.29, 0.717) is 17.7 Å². The number of rotatable bonds is 5. The van der Waals surface area contributed by atoms with Crippen LogP contribution in [0.5, 0.6) is 11.5 Å². The lowest BCUT2D eigenvalue weighted by molar-refractivity contribution is -0.385. The monoisotopic (exact) mass is 520 g/mol. The van der Waals surface area contributed by atoms with E-state index in [2.05, 4.69) is 0 Å². The van der Waals surface area contributed by atoms with Gasteiger partial charge in [0.25, 0.3) is 5.91 Å². The zero-order chi connectivity index (χ0) is 25.3. The van der Waals surface area contributed by atoms with Crippen molar-refractivity contribution in [3.05, 3.63) is 98.7 Å². The van der Waals surface area contributed by atoms with E-state index in [-0.39, 0.29) is 20.7 Å². The van der Waals surface area contributed by atoms with E-state index in [4.69, 9.17) is 17.0 Å². The number of halogens is 4. The summed E-state index contributed by atoms with van der Waals surface area (Å²) in [6.45, 7) is 0. The second-order valence-corrected chi connectivity index (χ2v) is 8.72. The smallest absolute Gasteiger partial charge is 0.416 e. The molecule has 0 aliphatic carbocycles. The molecule has 1 heterocycles. The molecule has 0 radical (unpaired) electrons. The zero-order valence-corrected chi connectivity index (χ0v) is 18.9. The average molecular weight is 520 g/mol. The van der Waals surface area contributed by atoms with Gasteiger partial charge in [0.2, 0.25) is 5.75 Å². The summed E-state index contributed by atoms with van der Waals surface area (Å²) in [7, 11) is 0. The van der Waals surface area contributed by atoms with Gasteiger partial charge in [-0.1, -0.05) is 54.3 Å². The molecule has 0 saturated carbocycles. The summed E-state index contributed by atoms with van der Waals surface area (Å²) in [5.41, 5.74) is -1.78. The molecule has 0 N–H and O–H groups in total. The number of hydrogen-bond donors (Lipinski definition) is 0. The average Bonchev–Trinajstić information content (AvgIpc) is 3.07. The molecule has 1 aliphatic rings. The molecule has 4 rings (SSSR count). The highest BCUT2D eigenvalue weighted by molar-refractivity contribution is 8.27. The second kappa shape index (κ2) is 9.47. The number of anilines is 1. The number of nitrogens with zero attached hydrogens (tertiary/aromatic N) is 2. The third-order valence-corrected chi connectivity index (χ3v) is 6.10. The van der Waals surface area contributed by atoms with Crippen LogP contribution in [-0.4, -0.2) is 15.2 Å². The predicted octanol–water partition coefficient (Wildman–Crippen LogP) is 6.95. The number of para-hydroxylation sites is 2. The lowest BCUT2D eigenvalue weighted by Crippen LogP contribution is -2.28. The third-order valence-electron chi connectivity index (χ3n) is 4.80. The van der Waals surface area contributed by atoms with Crippen molar-refractivity contribution in [1.82, 2.24) is 0 Å². The highest BCUT2D eigenvalue weighted by Gasteiger charge is 2.35. The van der Waals surface area contributed by atoms with Crippen LogP contribution in [0.3, 0.4) is 0 Å². The largest absolute Gasteiger partial charge is 0.449 e. The number of hydrogen-bond acceptors (Lipinski definition) is 6. The Morgan fingerprint density at radius 1 is 1.03 bits per heavy atom. The first kappa shape index (κ1) is 24.4. The zero-order valence-electron chi connectivity index (χ0n) is 17.3. The van der Waals surface area contributed by atoms with Crippen LogP contribution in [0.4, 0.5) is 28.9 Å². The maximum absolute atomic E-state index is 14.2. The summed E-state index contributed by atoms with van der Waals surface area (Å²) in [5.74, 6) is -1.59. The number of ether oxygens (including phenoxy) is 1. The Bertz CT molecular complexity index is 1390. The van der Waals surface area contributed by atoms with Crippen molar-refractivity contribution >= 4 is 51.7 Å². The van der Waals surface area contributed by atoms with Crippen LogP contribution in [0.2, 0.25) is 0 Å². The van der Waals surface area contributed by atoms with E-state index in [1.54, 1.807) is 24.3 Å². The number of alkyl halides is 3. The van der Waals surface area contributed by atoms with Crippen LogP contribution in [0.25, 0.3) is 6.08 Å². The molecule has 178 valence electrons. The molecule has 0 unspecified atom stereocenters. The van der Waals surface area contributed by atoms with Gasteiger partial charge in [0.05, 0.1) is 21.1 Å². The third kappa shape index (κ3) is 5.03. The Hall–Kier alpha value is -3.77. The molecule has 6 nitrogen and oxygen atoms in total. The van der Waals surface area contributed by atoms with Crippen LogP contribution in [0.1, 0.15) is 11.1 Å². The molecule has 0 aromatic heterocycles. The van der Waals surface area contributed by atoms with Crippen molar-refractivity contribution in [1.29, 1.82) is 0 Å². The van der Waals surface area contributed by atoms with Crippen molar-refractivity contribution in [2.24, 2.45) is 0 Å². The Labute approximate surface area is 205 Å². The van der Waals surface area contributed by atoms with Crippen molar-refractivity contribution in [2.75, 3.05) is 4.90 Å². The molecule has 1 fully saturated rings. The number of benzene rings is 3. The fraction of sp³-hybridized carbons (Fsp3) is 0.0435. The normalized spacial score (nSPS) is 15.1. The van der Waals surface area contributed by atoms with E-state index < -0.39 is 39.8 Å². The van der Waals surface area contributed by atoms with Gasteiger partial charge in [-0.3, -0.25) is 19.8 Å². The van der Waals surface area contributed by atoms with Crippen LogP contribution in [-0.2, 0) is 11.0 Å². The van der Waals surface area contributed by atoms with Gasteiger partial charge >= 0.3 is 11.9 Å². The number of amides is 1. The number of nitro benzene ring substituents is 1. The molecule has 1 aliphatic heterocycles.